The van der Waals surface area contributed by atoms with Gasteiger partial charge in [0.25, 0.3) is 0 Å². The third-order valence-corrected chi connectivity index (χ3v) is 2.22. The summed E-state index contributed by atoms with van der Waals surface area (Å²) in [5.41, 5.74) is 1.75. The van der Waals surface area contributed by atoms with Gasteiger partial charge in [0, 0.05) is 5.02 Å². The lowest BCUT2D eigenvalue weighted by atomic mass is 10.1. The van der Waals surface area contributed by atoms with E-state index in [-0.39, 0.29) is 12.4 Å². The molecule has 0 radical (unpaired) electrons. The van der Waals surface area contributed by atoms with E-state index in [0.717, 1.165) is 11.1 Å². The Hall–Kier alpha value is -1.48. The molecule has 4 heteroatoms. The Balaban J connectivity index is 2.47. The molecule has 0 aliphatic carbocycles. The Bertz CT molecular complexity index is 423. The van der Waals surface area contributed by atoms with Crippen LogP contribution in [0.3, 0.4) is 0 Å². The first kappa shape index (κ1) is 9.09. The lowest BCUT2D eigenvalue weighted by Crippen LogP contribution is -2.09. The van der Waals surface area contributed by atoms with E-state index in [0.29, 0.717) is 5.02 Å². The van der Waals surface area contributed by atoms with Crippen molar-refractivity contribution in [2.45, 2.75) is 6.61 Å². The highest BCUT2D eigenvalue weighted by atomic mass is 35.5. The van der Waals surface area contributed by atoms with E-state index < -0.39 is 5.97 Å². The molecule has 0 saturated carbocycles. The predicted octanol–water partition coefficient (Wildman–Crippen LogP) is 2.30. The van der Waals surface area contributed by atoms with E-state index in [1.807, 2.05) is 6.07 Å². The van der Waals surface area contributed by atoms with Crippen LogP contribution in [0.5, 0.6) is 0 Å². The molecule has 1 aliphatic rings. The van der Waals surface area contributed by atoms with Crippen LogP contribution in [-0.4, -0.2) is 11.1 Å². The molecule has 1 aromatic rings. The van der Waals surface area contributed by atoms with Crippen LogP contribution in [0.25, 0.3) is 6.08 Å². The van der Waals surface area contributed by atoms with Gasteiger partial charge in [-0.05, 0) is 29.3 Å². The largest absolute Gasteiger partial charge is 0.482 e. The minimum Gasteiger partial charge on any atom is -0.482 e. The van der Waals surface area contributed by atoms with Gasteiger partial charge in [0.1, 0.15) is 6.61 Å². The fourth-order valence-electron chi connectivity index (χ4n) is 1.29. The minimum atomic E-state index is -1.06. The Morgan fingerprint density at radius 2 is 2.29 bits per heavy atom. The summed E-state index contributed by atoms with van der Waals surface area (Å²) < 4.78 is 5.02. The second-order valence-corrected chi connectivity index (χ2v) is 3.38. The van der Waals surface area contributed by atoms with Gasteiger partial charge in [-0.3, -0.25) is 0 Å². The molecule has 0 aromatic heterocycles. The Kier molecular flexibility index (Phi) is 2.17. The summed E-state index contributed by atoms with van der Waals surface area (Å²) in [6.07, 6.45) is 1.48. The fraction of sp³-hybridized carbons (Fsp3) is 0.100. The average Bonchev–Trinajstić information content (AvgIpc) is 2.16. The van der Waals surface area contributed by atoms with Crippen molar-refractivity contribution < 1.29 is 14.6 Å². The van der Waals surface area contributed by atoms with Crippen LogP contribution in [0.15, 0.2) is 24.0 Å². The first-order valence-electron chi connectivity index (χ1n) is 4.03. The molecule has 0 atom stereocenters. The molecule has 0 unspecified atom stereocenters. The monoisotopic (exact) mass is 210 g/mol. The van der Waals surface area contributed by atoms with Crippen molar-refractivity contribution in [3.8, 4) is 0 Å². The fourth-order valence-corrected chi connectivity index (χ4v) is 1.47. The molecule has 2 rings (SSSR count). The molecule has 1 aromatic carbocycles. The highest BCUT2D eigenvalue weighted by Crippen LogP contribution is 2.24. The van der Waals surface area contributed by atoms with E-state index in [9.17, 15) is 4.79 Å². The van der Waals surface area contributed by atoms with Gasteiger partial charge >= 0.3 is 5.97 Å². The first-order chi connectivity index (χ1) is 6.66. The van der Waals surface area contributed by atoms with E-state index in [1.54, 1.807) is 12.1 Å². The van der Waals surface area contributed by atoms with E-state index in [2.05, 4.69) is 0 Å². The topological polar surface area (TPSA) is 46.5 Å². The zero-order valence-corrected chi connectivity index (χ0v) is 7.91. The molecule has 0 amide bonds. The van der Waals surface area contributed by atoms with Crippen LogP contribution < -0.4 is 0 Å². The summed E-state index contributed by atoms with van der Waals surface area (Å²) >= 11 is 5.79. The van der Waals surface area contributed by atoms with Crippen molar-refractivity contribution >= 4 is 23.6 Å². The van der Waals surface area contributed by atoms with Gasteiger partial charge in [-0.2, -0.15) is 0 Å². The van der Waals surface area contributed by atoms with Gasteiger partial charge in [0.2, 0.25) is 5.76 Å². The molecule has 3 nitrogen and oxygen atoms in total. The zero-order valence-electron chi connectivity index (χ0n) is 7.16. The summed E-state index contributed by atoms with van der Waals surface area (Å²) in [7, 11) is 0. The van der Waals surface area contributed by atoms with Crippen LogP contribution in [0.1, 0.15) is 11.1 Å². The normalized spacial score (nSPS) is 13.9. The van der Waals surface area contributed by atoms with Crippen LogP contribution >= 0.6 is 11.6 Å². The number of benzene rings is 1. The number of aliphatic carboxylic acids is 1. The number of carboxylic acid groups (broad SMARTS) is 1. The molecular weight excluding hydrogens is 204 g/mol. The minimum absolute atomic E-state index is 0.0419. The van der Waals surface area contributed by atoms with Crippen LogP contribution in [0.2, 0.25) is 5.02 Å². The quantitative estimate of drug-likeness (QED) is 0.774. The summed E-state index contributed by atoms with van der Waals surface area (Å²) in [4.78, 5) is 10.6. The molecule has 1 N–H and O–H groups in total. The van der Waals surface area contributed by atoms with Gasteiger partial charge in [-0.15, -0.1) is 0 Å². The van der Waals surface area contributed by atoms with Gasteiger partial charge in [-0.1, -0.05) is 17.7 Å². The summed E-state index contributed by atoms with van der Waals surface area (Å²) in [6.45, 7) is 0.282. The van der Waals surface area contributed by atoms with Crippen molar-refractivity contribution in [2.24, 2.45) is 0 Å². The van der Waals surface area contributed by atoms with Crippen LogP contribution in [-0.2, 0) is 16.1 Å². The summed E-state index contributed by atoms with van der Waals surface area (Å²) in [5, 5.41) is 9.30. The number of fused-ring (bicyclic) bond motifs is 1. The highest BCUT2D eigenvalue weighted by molar-refractivity contribution is 6.30. The number of carbonyl (C=O) groups is 1. The Labute approximate surface area is 85.6 Å². The summed E-state index contributed by atoms with van der Waals surface area (Å²) in [5.74, 6) is -1.10. The molecule has 14 heavy (non-hydrogen) atoms. The van der Waals surface area contributed by atoms with Gasteiger partial charge in [0.05, 0.1) is 0 Å². The van der Waals surface area contributed by atoms with Crippen molar-refractivity contribution in [3.63, 3.8) is 0 Å². The molecule has 1 heterocycles. The second-order valence-electron chi connectivity index (χ2n) is 2.95. The van der Waals surface area contributed by atoms with Crippen LogP contribution in [0, 0.1) is 0 Å². The number of halogens is 1. The number of hydrogen-bond donors (Lipinski definition) is 1. The number of carboxylic acids is 1. The molecular formula is C10H7ClO3. The molecule has 1 aliphatic heterocycles. The van der Waals surface area contributed by atoms with E-state index >= 15 is 0 Å². The number of ether oxygens (including phenoxy) is 1. The van der Waals surface area contributed by atoms with E-state index in [4.69, 9.17) is 21.4 Å². The lowest BCUT2D eigenvalue weighted by Gasteiger charge is -2.15. The predicted molar refractivity (Wildman–Crippen MR) is 51.9 cm³/mol. The Morgan fingerprint density at radius 3 is 3.00 bits per heavy atom. The molecule has 0 saturated heterocycles. The Morgan fingerprint density at radius 1 is 1.50 bits per heavy atom. The average molecular weight is 211 g/mol. The third-order valence-electron chi connectivity index (χ3n) is 1.99. The third kappa shape index (κ3) is 1.59. The van der Waals surface area contributed by atoms with Crippen molar-refractivity contribution in [2.75, 3.05) is 0 Å². The number of hydrogen-bond acceptors (Lipinski definition) is 2. The van der Waals surface area contributed by atoms with Crippen molar-refractivity contribution in [1.82, 2.24) is 0 Å². The number of rotatable bonds is 1. The standard InChI is InChI=1S/C10H7ClO3/c11-8-2-1-6-5-14-9(10(12)13)4-7(6)3-8/h1-4H,5H2,(H,12,13). The lowest BCUT2D eigenvalue weighted by molar-refractivity contribution is -0.136. The van der Waals surface area contributed by atoms with Gasteiger partial charge in [-0.25, -0.2) is 4.79 Å². The molecule has 0 fully saturated rings. The molecule has 0 spiro atoms. The maximum Gasteiger partial charge on any atom is 0.371 e. The zero-order chi connectivity index (χ0) is 10.1. The van der Waals surface area contributed by atoms with E-state index in [1.165, 1.54) is 6.08 Å². The first-order valence-corrected chi connectivity index (χ1v) is 4.41. The van der Waals surface area contributed by atoms with Crippen LogP contribution in [0.4, 0.5) is 0 Å². The second kappa shape index (κ2) is 3.35. The van der Waals surface area contributed by atoms with Crippen molar-refractivity contribution in [1.29, 1.82) is 0 Å². The SMILES string of the molecule is O=C(O)C1=Cc2cc(Cl)ccc2CO1. The highest BCUT2D eigenvalue weighted by Gasteiger charge is 2.16. The van der Waals surface area contributed by atoms with Gasteiger partial charge < -0.3 is 9.84 Å². The molecule has 0 bridgehead atoms. The van der Waals surface area contributed by atoms with Crippen molar-refractivity contribution in [3.05, 3.63) is 40.1 Å². The smallest absolute Gasteiger partial charge is 0.371 e. The van der Waals surface area contributed by atoms with Gasteiger partial charge in [0.15, 0.2) is 0 Å². The molecule has 72 valence electrons. The maximum atomic E-state index is 10.6. The summed E-state index contributed by atoms with van der Waals surface area (Å²) in [6, 6.07) is 5.30. The maximum absolute atomic E-state index is 10.6.